The van der Waals surface area contributed by atoms with Crippen molar-refractivity contribution in [2.45, 2.75) is 6.42 Å². The molecule has 0 spiro atoms. The third-order valence-electron chi connectivity index (χ3n) is 3.25. The molecule has 1 aromatic heterocycles. The monoisotopic (exact) mass is 333 g/mol. The number of benzene rings is 1. The van der Waals surface area contributed by atoms with Gasteiger partial charge in [0.15, 0.2) is 10.3 Å². The molecule has 7 heteroatoms. The van der Waals surface area contributed by atoms with Gasteiger partial charge in [0.05, 0.1) is 13.0 Å². The van der Waals surface area contributed by atoms with Crippen molar-refractivity contribution in [3.8, 4) is 0 Å². The van der Waals surface area contributed by atoms with Crippen LogP contribution in [0.4, 0.5) is 0 Å². The van der Waals surface area contributed by atoms with Gasteiger partial charge in [-0.1, -0.05) is 18.2 Å². The lowest BCUT2D eigenvalue weighted by atomic mass is 10.2. The van der Waals surface area contributed by atoms with Gasteiger partial charge >= 0.3 is 0 Å². The molecule has 0 unspecified atom stereocenters. The summed E-state index contributed by atoms with van der Waals surface area (Å²) in [5.74, 6) is -0.0854. The summed E-state index contributed by atoms with van der Waals surface area (Å²) in [5.41, 5.74) is 0. The van der Waals surface area contributed by atoms with Crippen molar-refractivity contribution in [1.29, 1.82) is 0 Å². The highest BCUT2D eigenvalue weighted by Gasteiger charge is 2.31. The Bertz CT molecular complexity index is 748. The van der Waals surface area contributed by atoms with Crippen LogP contribution in [0.15, 0.2) is 40.3 Å². The van der Waals surface area contributed by atoms with Crippen LogP contribution < -0.4 is 0 Å². The topological polar surface area (TPSA) is 45.0 Å². The van der Waals surface area contributed by atoms with Crippen molar-refractivity contribution in [2.75, 3.05) is 13.1 Å². The Morgan fingerprint density at radius 1 is 1.33 bits per heavy atom. The smallest absolute Gasteiger partial charge is 0.253 e. The summed E-state index contributed by atoms with van der Waals surface area (Å²) in [6, 6.07) is 10.3. The fourth-order valence-electron chi connectivity index (χ4n) is 2.29. The second-order valence-corrected chi connectivity index (χ2v) is 7.93. The van der Waals surface area contributed by atoms with Crippen LogP contribution in [0.2, 0.25) is 0 Å². The Hall–Kier alpha value is -1.31. The lowest BCUT2D eigenvalue weighted by Crippen LogP contribution is -2.26. The van der Waals surface area contributed by atoms with Crippen molar-refractivity contribution < 1.29 is 4.79 Å². The zero-order valence-corrected chi connectivity index (χ0v) is 13.4. The van der Waals surface area contributed by atoms with E-state index in [0.717, 1.165) is 28.3 Å². The highest BCUT2D eigenvalue weighted by molar-refractivity contribution is 8.88. The number of carbonyl (C=O) groups excluding carboxylic acids is 1. The van der Waals surface area contributed by atoms with E-state index in [-0.39, 0.29) is 5.91 Å². The van der Waals surface area contributed by atoms with Gasteiger partial charge in [0.25, 0.3) is 5.91 Å². The van der Waals surface area contributed by atoms with E-state index in [1.165, 1.54) is 20.9 Å². The average molecular weight is 333 g/mol. The van der Waals surface area contributed by atoms with Crippen LogP contribution in [0.1, 0.15) is 4.88 Å². The lowest BCUT2D eigenvalue weighted by molar-refractivity contribution is -0.117. The molecule has 2 aliphatic heterocycles. The van der Waals surface area contributed by atoms with Crippen molar-refractivity contribution in [3.63, 3.8) is 0 Å². The normalized spacial score (nSPS) is 19.3. The third kappa shape index (κ3) is 2.61. The molecule has 1 saturated heterocycles. The maximum atomic E-state index is 12.2. The van der Waals surface area contributed by atoms with Gasteiger partial charge in [-0.25, -0.2) is 0 Å². The van der Waals surface area contributed by atoms with Crippen LogP contribution in [0.3, 0.4) is 0 Å². The van der Waals surface area contributed by atoms with E-state index >= 15 is 0 Å². The van der Waals surface area contributed by atoms with Crippen LogP contribution in [0, 0.1) is 0 Å². The van der Waals surface area contributed by atoms with Gasteiger partial charge in [-0.3, -0.25) is 14.7 Å². The van der Waals surface area contributed by atoms with Crippen LogP contribution in [-0.2, 0) is 11.2 Å². The highest BCUT2D eigenvalue weighted by Crippen LogP contribution is 2.38. The Labute approximate surface area is 133 Å². The molecule has 106 valence electrons. The number of hydrogen-bond donors (Lipinski definition) is 0. The number of fused-ring (bicyclic) bond motifs is 2. The van der Waals surface area contributed by atoms with E-state index in [1.54, 1.807) is 22.1 Å². The fraction of sp³-hybridized carbons (Fsp3) is 0.214. The number of hydrogen-bond acceptors (Lipinski definition) is 5. The molecule has 0 radical (unpaired) electrons. The van der Waals surface area contributed by atoms with Gasteiger partial charge in [0.1, 0.15) is 0 Å². The largest absolute Gasteiger partial charge is 0.297 e. The number of thiophene rings is 1. The summed E-state index contributed by atoms with van der Waals surface area (Å²) in [7, 11) is 3.11. The zero-order valence-electron chi connectivity index (χ0n) is 11.0. The van der Waals surface area contributed by atoms with Gasteiger partial charge < -0.3 is 0 Å². The van der Waals surface area contributed by atoms with Crippen LogP contribution in [0.5, 0.6) is 0 Å². The molecule has 2 aliphatic rings. The quantitative estimate of drug-likeness (QED) is 0.790. The molecule has 1 fully saturated rings. The first-order valence-corrected chi connectivity index (χ1v) is 9.52. The van der Waals surface area contributed by atoms with Gasteiger partial charge in [-0.05, 0) is 39.1 Å². The minimum atomic E-state index is -0.0854. The molecule has 3 heterocycles. The van der Waals surface area contributed by atoms with Crippen LogP contribution in [-0.4, -0.2) is 34.2 Å². The van der Waals surface area contributed by atoms with Crippen molar-refractivity contribution >= 4 is 59.3 Å². The molecular formula is C14H11N3OS3. The summed E-state index contributed by atoms with van der Waals surface area (Å²) in [6.45, 7) is 1.64. The van der Waals surface area contributed by atoms with Gasteiger partial charge in [0, 0.05) is 16.1 Å². The Morgan fingerprint density at radius 2 is 2.24 bits per heavy atom. The second kappa shape index (κ2) is 5.47. The van der Waals surface area contributed by atoms with E-state index < -0.39 is 0 Å². The summed E-state index contributed by atoms with van der Waals surface area (Å²) in [5, 5.41) is 2.95. The highest BCUT2D eigenvalue weighted by atomic mass is 33.1. The Balaban J connectivity index is 1.52. The fourth-order valence-corrected chi connectivity index (χ4v) is 5.63. The summed E-state index contributed by atoms with van der Waals surface area (Å²) >= 11 is 1.66. The molecule has 4 nitrogen and oxygen atoms in total. The van der Waals surface area contributed by atoms with Gasteiger partial charge in [-0.15, -0.1) is 11.3 Å². The summed E-state index contributed by atoms with van der Waals surface area (Å²) in [6.07, 6.45) is 0.369. The van der Waals surface area contributed by atoms with Crippen molar-refractivity contribution in [2.24, 2.45) is 9.98 Å². The average Bonchev–Trinajstić information content (AvgIpc) is 3.14. The van der Waals surface area contributed by atoms with E-state index in [9.17, 15) is 4.79 Å². The lowest BCUT2D eigenvalue weighted by Gasteiger charge is -2.09. The van der Waals surface area contributed by atoms with E-state index in [1.807, 2.05) is 17.0 Å². The summed E-state index contributed by atoms with van der Waals surface area (Å²) < 4.78 is 1.22. The molecule has 1 aromatic carbocycles. The maximum Gasteiger partial charge on any atom is 0.253 e. The number of amidine groups is 2. The van der Waals surface area contributed by atoms with Crippen molar-refractivity contribution in [1.82, 2.24) is 4.90 Å². The number of amides is 1. The third-order valence-corrected chi connectivity index (χ3v) is 6.55. The number of rotatable bonds is 2. The van der Waals surface area contributed by atoms with Gasteiger partial charge in [-0.2, -0.15) is 4.99 Å². The minimum Gasteiger partial charge on any atom is -0.297 e. The zero-order chi connectivity index (χ0) is 14.2. The predicted octanol–water partition coefficient (Wildman–Crippen LogP) is 3.39. The number of nitrogens with zero attached hydrogens (tertiary/aromatic N) is 3. The summed E-state index contributed by atoms with van der Waals surface area (Å²) in [4.78, 5) is 23.9. The molecule has 4 rings (SSSR count). The number of aliphatic imine (C=N–C) groups is 2. The van der Waals surface area contributed by atoms with Gasteiger partial charge in [0.2, 0.25) is 0 Å². The van der Waals surface area contributed by atoms with E-state index in [0.29, 0.717) is 6.42 Å². The molecule has 0 atom stereocenters. The van der Waals surface area contributed by atoms with E-state index in [2.05, 4.69) is 28.2 Å². The maximum absolute atomic E-state index is 12.2. The molecular weight excluding hydrogens is 322 g/mol. The predicted molar refractivity (Wildman–Crippen MR) is 92.2 cm³/mol. The first-order chi connectivity index (χ1) is 10.3. The molecule has 0 N–H and O–H groups in total. The molecule has 21 heavy (non-hydrogen) atoms. The van der Waals surface area contributed by atoms with Crippen LogP contribution in [0.25, 0.3) is 10.1 Å². The molecule has 1 amide bonds. The van der Waals surface area contributed by atoms with E-state index in [4.69, 9.17) is 0 Å². The molecule has 0 aliphatic carbocycles. The molecule has 0 bridgehead atoms. The SMILES string of the molecule is O=C(Cc1cc2ccccc2s1)N=C1SSC2=NCCN21. The minimum absolute atomic E-state index is 0.0854. The molecule has 0 saturated carbocycles. The second-order valence-electron chi connectivity index (χ2n) is 4.70. The first kappa shape index (κ1) is 13.4. The van der Waals surface area contributed by atoms with Crippen molar-refractivity contribution in [3.05, 3.63) is 35.2 Å². The first-order valence-electron chi connectivity index (χ1n) is 6.55. The van der Waals surface area contributed by atoms with Crippen LogP contribution >= 0.6 is 32.9 Å². The number of carbonyl (C=O) groups is 1. The standard InChI is InChI=1S/C14H11N3OS3/c18-12(16-14-17-6-5-15-13(17)20-21-14)8-10-7-9-3-1-2-4-11(9)19-10/h1-4,7H,5-6,8H2. The Kier molecular flexibility index (Phi) is 3.48. The Morgan fingerprint density at radius 3 is 3.14 bits per heavy atom. The molecule has 2 aromatic rings.